The molecule has 1 aliphatic rings. The second kappa shape index (κ2) is 6.57. The van der Waals surface area contributed by atoms with Crippen LogP contribution in [0.4, 0.5) is 5.82 Å². The number of halogens is 1. The van der Waals surface area contributed by atoms with E-state index in [0.29, 0.717) is 16.8 Å². The van der Waals surface area contributed by atoms with Crippen molar-refractivity contribution in [2.75, 3.05) is 18.4 Å². The summed E-state index contributed by atoms with van der Waals surface area (Å²) in [4.78, 5) is 16.6. The molecule has 1 aromatic rings. The average Bonchev–Trinajstić information content (AvgIpc) is 3.19. The first-order chi connectivity index (χ1) is 9.60. The SMILES string of the molecule is CCCC1(CNC(=O)c2cc(Br)cnc2NCC)CC1. The lowest BCUT2D eigenvalue weighted by atomic mass is 10.0. The molecule has 0 aromatic carbocycles. The molecule has 1 fully saturated rings. The Kier molecular flexibility index (Phi) is 5.02. The van der Waals surface area contributed by atoms with Crippen molar-refractivity contribution in [2.24, 2.45) is 5.41 Å². The number of aromatic nitrogens is 1. The predicted octanol–water partition coefficient (Wildman–Crippen LogP) is 3.59. The van der Waals surface area contributed by atoms with E-state index < -0.39 is 0 Å². The number of carbonyl (C=O) groups is 1. The van der Waals surface area contributed by atoms with Crippen LogP contribution < -0.4 is 10.6 Å². The monoisotopic (exact) mass is 339 g/mol. The van der Waals surface area contributed by atoms with E-state index in [1.54, 1.807) is 6.20 Å². The minimum Gasteiger partial charge on any atom is -0.370 e. The molecule has 0 saturated heterocycles. The number of hydrogen-bond donors (Lipinski definition) is 2. The average molecular weight is 340 g/mol. The second-order valence-corrected chi connectivity index (χ2v) is 6.43. The zero-order chi connectivity index (χ0) is 14.6. The summed E-state index contributed by atoms with van der Waals surface area (Å²) in [6, 6.07) is 1.82. The molecule has 110 valence electrons. The van der Waals surface area contributed by atoms with Gasteiger partial charge in [-0.05, 0) is 53.6 Å². The van der Waals surface area contributed by atoms with Gasteiger partial charge >= 0.3 is 0 Å². The van der Waals surface area contributed by atoms with E-state index in [1.807, 2.05) is 13.0 Å². The fourth-order valence-electron chi connectivity index (χ4n) is 2.51. The molecule has 0 unspecified atom stereocenters. The highest BCUT2D eigenvalue weighted by Gasteiger charge is 2.41. The van der Waals surface area contributed by atoms with Gasteiger partial charge in [-0.1, -0.05) is 13.3 Å². The molecule has 2 N–H and O–H groups in total. The third-order valence-corrected chi connectivity index (χ3v) is 4.24. The molecule has 1 heterocycles. The van der Waals surface area contributed by atoms with Gasteiger partial charge in [-0.15, -0.1) is 0 Å². The number of nitrogens with one attached hydrogen (secondary N) is 2. The smallest absolute Gasteiger partial charge is 0.255 e. The van der Waals surface area contributed by atoms with Crippen molar-refractivity contribution in [1.29, 1.82) is 0 Å². The molecule has 4 nitrogen and oxygen atoms in total. The van der Waals surface area contributed by atoms with E-state index >= 15 is 0 Å². The minimum atomic E-state index is -0.0443. The van der Waals surface area contributed by atoms with Gasteiger partial charge in [-0.3, -0.25) is 4.79 Å². The normalized spacial score (nSPS) is 15.8. The fraction of sp³-hybridized carbons (Fsp3) is 0.600. The highest BCUT2D eigenvalue weighted by atomic mass is 79.9. The molecule has 0 radical (unpaired) electrons. The van der Waals surface area contributed by atoms with E-state index in [4.69, 9.17) is 0 Å². The lowest BCUT2D eigenvalue weighted by molar-refractivity contribution is 0.0944. The third kappa shape index (κ3) is 3.72. The zero-order valence-corrected chi connectivity index (χ0v) is 13.7. The van der Waals surface area contributed by atoms with Crippen LogP contribution in [0.5, 0.6) is 0 Å². The van der Waals surface area contributed by atoms with Gasteiger partial charge in [0.1, 0.15) is 5.82 Å². The Morgan fingerprint density at radius 3 is 2.80 bits per heavy atom. The molecular formula is C15H22BrN3O. The Hall–Kier alpha value is -1.10. The lowest BCUT2D eigenvalue weighted by Gasteiger charge is -2.16. The van der Waals surface area contributed by atoms with Crippen molar-refractivity contribution in [3.8, 4) is 0 Å². The summed E-state index contributed by atoms with van der Waals surface area (Å²) < 4.78 is 0.819. The van der Waals surface area contributed by atoms with Crippen molar-refractivity contribution in [1.82, 2.24) is 10.3 Å². The summed E-state index contributed by atoms with van der Waals surface area (Å²) in [5.74, 6) is 0.602. The van der Waals surface area contributed by atoms with Crippen molar-refractivity contribution < 1.29 is 4.79 Å². The van der Waals surface area contributed by atoms with E-state index in [9.17, 15) is 4.79 Å². The highest BCUT2D eigenvalue weighted by Crippen LogP contribution is 2.48. The summed E-state index contributed by atoms with van der Waals surface area (Å²) in [7, 11) is 0. The van der Waals surface area contributed by atoms with Crippen molar-refractivity contribution >= 4 is 27.7 Å². The summed E-state index contributed by atoms with van der Waals surface area (Å²) in [6.07, 6.45) is 6.55. The van der Waals surface area contributed by atoms with E-state index in [1.165, 1.54) is 25.7 Å². The number of pyridine rings is 1. The van der Waals surface area contributed by atoms with Crippen LogP contribution in [-0.4, -0.2) is 24.0 Å². The van der Waals surface area contributed by atoms with Gasteiger partial charge in [-0.25, -0.2) is 4.98 Å². The van der Waals surface area contributed by atoms with Gasteiger partial charge in [0.2, 0.25) is 0 Å². The predicted molar refractivity (Wildman–Crippen MR) is 85.0 cm³/mol. The topological polar surface area (TPSA) is 54.0 Å². The van der Waals surface area contributed by atoms with Gasteiger partial charge in [-0.2, -0.15) is 0 Å². The summed E-state index contributed by atoms with van der Waals surface area (Å²) in [5, 5.41) is 6.20. The molecule has 0 bridgehead atoms. The van der Waals surface area contributed by atoms with Gasteiger partial charge in [0.05, 0.1) is 5.56 Å². The van der Waals surface area contributed by atoms with Crippen LogP contribution in [-0.2, 0) is 0 Å². The van der Waals surface area contributed by atoms with E-state index in [0.717, 1.165) is 17.6 Å². The van der Waals surface area contributed by atoms with Gasteiger partial charge in [0.25, 0.3) is 5.91 Å². The van der Waals surface area contributed by atoms with Crippen LogP contribution in [0.2, 0.25) is 0 Å². The first kappa shape index (κ1) is 15.3. The quantitative estimate of drug-likeness (QED) is 0.798. The molecule has 1 saturated carbocycles. The van der Waals surface area contributed by atoms with Crippen LogP contribution in [0.1, 0.15) is 49.9 Å². The maximum absolute atomic E-state index is 12.4. The molecule has 1 aromatic heterocycles. The first-order valence-corrected chi connectivity index (χ1v) is 8.07. The summed E-state index contributed by atoms with van der Waals surface area (Å²) in [5.41, 5.74) is 0.968. The largest absolute Gasteiger partial charge is 0.370 e. The van der Waals surface area contributed by atoms with Gasteiger partial charge in [0, 0.05) is 23.8 Å². The molecule has 2 rings (SSSR count). The van der Waals surface area contributed by atoms with Gasteiger partial charge in [0.15, 0.2) is 0 Å². The number of anilines is 1. The minimum absolute atomic E-state index is 0.0443. The third-order valence-electron chi connectivity index (χ3n) is 3.80. The molecule has 20 heavy (non-hydrogen) atoms. The number of amides is 1. The zero-order valence-electron chi connectivity index (χ0n) is 12.1. The van der Waals surface area contributed by atoms with Crippen LogP contribution >= 0.6 is 15.9 Å². The molecular weight excluding hydrogens is 318 g/mol. The molecule has 0 atom stereocenters. The molecule has 5 heteroatoms. The van der Waals surface area contributed by atoms with Crippen LogP contribution in [0.25, 0.3) is 0 Å². The molecule has 0 spiro atoms. The van der Waals surface area contributed by atoms with Crippen molar-refractivity contribution in [3.05, 3.63) is 22.3 Å². The Morgan fingerprint density at radius 1 is 1.45 bits per heavy atom. The number of hydrogen-bond acceptors (Lipinski definition) is 3. The van der Waals surface area contributed by atoms with E-state index in [-0.39, 0.29) is 5.91 Å². The maximum Gasteiger partial charge on any atom is 0.255 e. The molecule has 0 aliphatic heterocycles. The number of carbonyl (C=O) groups excluding carboxylic acids is 1. The summed E-state index contributed by atoms with van der Waals surface area (Å²) >= 11 is 3.37. The first-order valence-electron chi connectivity index (χ1n) is 7.28. The Labute approximate surface area is 128 Å². The Bertz CT molecular complexity index is 486. The standard InChI is InChI=1S/C15H22BrN3O/c1-3-5-15(6-7-15)10-19-14(20)12-8-11(16)9-18-13(12)17-4-2/h8-9H,3-7,10H2,1-2H3,(H,17,18)(H,19,20). The van der Waals surface area contributed by atoms with Gasteiger partial charge < -0.3 is 10.6 Å². The molecule has 1 aliphatic carbocycles. The number of rotatable bonds is 7. The van der Waals surface area contributed by atoms with Crippen LogP contribution in [0, 0.1) is 5.41 Å². The Balaban J connectivity index is 2.03. The van der Waals surface area contributed by atoms with Crippen molar-refractivity contribution in [3.63, 3.8) is 0 Å². The van der Waals surface area contributed by atoms with Crippen LogP contribution in [0.3, 0.4) is 0 Å². The summed E-state index contributed by atoms with van der Waals surface area (Å²) in [6.45, 7) is 5.71. The van der Waals surface area contributed by atoms with E-state index in [2.05, 4.69) is 38.5 Å². The number of nitrogens with zero attached hydrogens (tertiary/aromatic N) is 1. The maximum atomic E-state index is 12.4. The lowest BCUT2D eigenvalue weighted by Crippen LogP contribution is -2.31. The van der Waals surface area contributed by atoms with Crippen molar-refractivity contribution in [2.45, 2.75) is 39.5 Å². The Morgan fingerprint density at radius 2 is 2.20 bits per heavy atom. The molecule has 1 amide bonds. The van der Waals surface area contributed by atoms with Crippen LogP contribution in [0.15, 0.2) is 16.7 Å². The highest BCUT2D eigenvalue weighted by molar-refractivity contribution is 9.10. The second-order valence-electron chi connectivity index (χ2n) is 5.51. The fourth-order valence-corrected chi connectivity index (χ4v) is 2.84.